The minimum atomic E-state index is 0. The first-order chi connectivity index (χ1) is 11.0. The molecule has 24 heavy (non-hydrogen) atoms. The van der Waals surface area contributed by atoms with Crippen LogP contribution in [0.15, 0.2) is 23.3 Å². The summed E-state index contributed by atoms with van der Waals surface area (Å²) < 4.78 is 0. The van der Waals surface area contributed by atoms with Gasteiger partial charge in [-0.05, 0) is 50.8 Å². The van der Waals surface area contributed by atoms with Crippen molar-refractivity contribution in [2.45, 2.75) is 40.7 Å². The molecule has 0 aliphatic carbocycles. The lowest BCUT2D eigenvalue weighted by Gasteiger charge is -2.14. The fourth-order valence-corrected chi connectivity index (χ4v) is 3.50. The number of nitrogens with zero attached hydrogens (tertiary/aromatic N) is 2. The maximum Gasteiger partial charge on any atom is 0.191 e. The monoisotopic (exact) mass is 458 g/mol. The van der Waals surface area contributed by atoms with Crippen molar-refractivity contribution in [1.29, 1.82) is 0 Å². The van der Waals surface area contributed by atoms with Gasteiger partial charge >= 0.3 is 0 Å². The van der Waals surface area contributed by atoms with Gasteiger partial charge in [0.15, 0.2) is 5.96 Å². The van der Waals surface area contributed by atoms with Crippen LogP contribution in [-0.4, -0.2) is 24.5 Å². The third kappa shape index (κ3) is 6.05. The summed E-state index contributed by atoms with van der Waals surface area (Å²) in [7, 11) is 1.80. The summed E-state index contributed by atoms with van der Waals surface area (Å²) in [5.41, 5.74) is 5.48. The standard InChI is InChI=1S/C18H26N4S.HI/c1-12-8-13(2)16(14(3)9-12)6-7-20-18(19-5)22-11-17-21-10-15(4)23-17;/h8-10H,6-7,11H2,1-5H3,(H2,19,20,22);1H. The Morgan fingerprint density at radius 1 is 1.12 bits per heavy atom. The van der Waals surface area contributed by atoms with Crippen LogP contribution in [0.1, 0.15) is 32.1 Å². The van der Waals surface area contributed by atoms with E-state index >= 15 is 0 Å². The molecule has 4 nitrogen and oxygen atoms in total. The van der Waals surface area contributed by atoms with E-state index in [1.807, 2.05) is 6.20 Å². The van der Waals surface area contributed by atoms with Gasteiger partial charge in [0.2, 0.25) is 0 Å². The molecule has 6 heteroatoms. The van der Waals surface area contributed by atoms with Gasteiger partial charge in [-0.2, -0.15) is 0 Å². The Balaban J connectivity index is 0.00000288. The highest BCUT2D eigenvalue weighted by Crippen LogP contribution is 2.16. The Labute approximate surface area is 166 Å². The van der Waals surface area contributed by atoms with Gasteiger partial charge in [-0.15, -0.1) is 35.3 Å². The van der Waals surface area contributed by atoms with Crippen LogP contribution in [0.5, 0.6) is 0 Å². The van der Waals surface area contributed by atoms with Crippen LogP contribution in [0.4, 0.5) is 0 Å². The van der Waals surface area contributed by atoms with E-state index in [0.29, 0.717) is 6.54 Å². The summed E-state index contributed by atoms with van der Waals surface area (Å²) in [6, 6.07) is 4.50. The fourth-order valence-electron chi connectivity index (χ4n) is 2.77. The number of halogens is 1. The van der Waals surface area contributed by atoms with E-state index in [4.69, 9.17) is 0 Å². The van der Waals surface area contributed by atoms with Gasteiger partial charge in [0.05, 0.1) is 6.54 Å². The molecule has 2 aromatic rings. The SMILES string of the molecule is CN=C(NCCc1c(C)cc(C)cc1C)NCc1ncc(C)s1.I. The zero-order valence-electron chi connectivity index (χ0n) is 15.1. The maximum absolute atomic E-state index is 4.35. The molecule has 0 amide bonds. The Kier molecular flexibility index (Phi) is 8.69. The molecule has 0 bridgehead atoms. The van der Waals surface area contributed by atoms with Gasteiger partial charge in [-0.3, -0.25) is 4.99 Å². The van der Waals surface area contributed by atoms with Gasteiger partial charge in [0, 0.05) is 24.7 Å². The molecule has 0 radical (unpaired) electrons. The van der Waals surface area contributed by atoms with E-state index in [9.17, 15) is 0 Å². The van der Waals surface area contributed by atoms with E-state index in [0.717, 1.165) is 23.9 Å². The quantitative estimate of drug-likeness (QED) is 0.406. The summed E-state index contributed by atoms with van der Waals surface area (Å²) in [4.78, 5) is 9.86. The van der Waals surface area contributed by atoms with Crippen LogP contribution in [0.2, 0.25) is 0 Å². The predicted octanol–water partition coefficient (Wildman–Crippen LogP) is 3.90. The van der Waals surface area contributed by atoms with Crippen molar-refractivity contribution in [3.63, 3.8) is 0 Å². The van der Waals surface area contributed by atoms with Crippen molar-refractivity contribution in [3.8, 4) is 0 Å². The van der Waals surface area contributed by atoms with Crippen LogP contribution in [-0.2, 0) is 13.0 Å². The van der Waals surface area contributed by atoms with Crippen molar-refractivity contribution in [3.05, 3.63) is 50.5 Å². The Morgan fingerprint density at radius 3 is 2.33 bits per heavy atom. The molecule has 132 valence electrons. The number of hydrogen-bond acceptors (Lipinski definition) is 3. The lowest BCUT2D eigenvalue weighted by Crippen LogP contribution is -2.37. The third-order valence-electron chi connectivity index (χ3n) is 3.81. The van der Waals surface area contributed by atoms with Gasteiger partial charge in [-0.1, -0.05) is 17.7 Å². The van der Waals surface area contributed by atoms with E-state index in [1.54, 1.807) is 18.4 Å². The number of thiazole rings is 1. The molecule has 0 fully saturated rings. The maximum atomic E-state index is 4.35. The molecule has 2 rings (SSSR count). The van der Waals surface area contributed by atoms with Crippen LogP contribution in [0, 0.1) is 27.7 Å². The highest BCUT2D eigenvalue weighted by atomic mass is 127. The minimum absolute atomic E-state index is 0. The molecule has 2 N–H and O–H groups in total. The molecule has 0 unspecified atom stereocenters. The minimum Gasteiger partial charge on any atom is -0.356 e. The van der Waals surface area contributed by atoms with Crippen LogP contribution in [0.3, 0.4) is 0 Å². The molecule has 0 saturated heterocycles. The van der Waals surface area contributed by atoms with Gasteiger partial charge in [-0.25, -0.2) is 4.98 Å². The molecule has 1 aromatic carbocycles. The summed E-state index contributed by atoms with van der Waals surface area (Å²) in [5, 5.41) is 7.77. The highest BCUT2D eigenvalue weighted by Gasteiger charge is 2.05. The second kappa shape index (κ2) is 9.98. The Bertz CT molecular complexity index is 671. The third-order valence-corrected chi connectivity index (χ3v) is 4.72. The van der Waals surface area contributed by atoms with Crippen molar-refractivity contribution in [2.24, 2.45) is 4.99 Å². The summed E-state index contributed by atoms with van der Waals surface area (Å²) in [5.74, 6) is 0.820. The van der Waals surface area contributed by atoms with Crippen LogP contribution >= 0.6 is 35.3 Å². The second-order valence-electron chi connectivity index (χ2n) is 5.84. The zero-order valence-corrected chi connectivity index (χ0v) is 18.2. The Hall–Kier alpha value is -1.15. The van der Waals surface area contributed by atoms with Crippen molar-refractivity contribution < 1.29 is 0 Å². The van der Waals surface area contributed by atoms with E-state index < -0.39 is 0 Å². The van der Waals surface area contributed by atoms with Gasteiger partial charge in [0.1, 0.15) is 5.01 Å². The second-order valence-corrected chi connectivity index (χ2v) is 7.16. The average Bonchev–Trinajstić information content (AvgIpc) is 2.90. The van der Waals surface area contributed by atoms with Crippen molar-refractivity contribution in [1.82, 2.24) is 15.6 Å². The topological polar surface area (TPSA) is 49.3 Å². The van der Waals surface area contributed by atoms with E-state index in [-0.39, 0.29) is 24.0 Å². The molecule has 0 aliphatic rings. The normalized spacial score (nSPS) is 11.1. The zero-order chi connectivity index (χ0) is 16.8. The van der Waals surface area contributed by atoms with Gasteiger partial charge in [0.25, 0.3) is 0 Å². The predicted molar refractivity (Wildman–Crippen MR) is 115 cm³/mol. The van der Waals surface area contributed by atoms with Crippen molar-refractivity contribution >= 4 is 41.3 Å². The number of guanidine groups is 1. The molecule has 0 aliphatic heterocycles. The fraction of sp³-hybridized carbons (Fsp3) is 0.444. The van der Waals surface area contributed by atoms with Crippen molar-refractivity contribution in [2.75, 3.05) is 13.6 Å². The van der Waals surface area contributed by atoms with Gasteiger partial charge < -0.3 is 10.6 Å². The smallest absolute Gasteiger partial charge is 0.191 e. The number of aromatic nitrogens is 1. The van der Waals surface area contributed by atoms with E-state index in [2.05, 4.69) is 60.4 Å². The van der Waals surface area contributed by atoms with Crippen LogP contribution < -0.4 is 10.6 Å². The highest BCUT2D eigenvalue weighted by molar-refractivity contribution is 14.0. The number of rotatable bonds is 5. The molecule has 0 atom stereocenters. The number of benzene rings is 1. The molecule has 0 spiro atoms. The first kappa shape index (κ1) is 20.9. The first-order valence-electron chi connectivity index (χ1n) is 7.92. The van der Waals surface area contributed by atoms with E-state index in [1.165, 1.54) is 27.1 Å². The molecular formula is C18H27IN4S. The molecular weight excluding hydrogens is 431 g/mol. The largest absolute Gasteiger partial charge is 0.356 e. The molecule has 1 heterocycles. The Morgan fingerprint density at radius 2 is 1.79 bits per heavy atom. The van der Waals surface area contributed by atoms with Crippen LogP contribution in [0.25, 0.3) is 0 Å². The number of nitrogens with one attached hydrogen (secondary N) is 2. The summed E-state index contributed by atoms with van der Waals surface area (Å²) >= 11 is 1.71. The average molecular weight is 458 g/mol. The molecule has 0 saturated carbocycles. The lowest BCUT2D eigenvalue weighted by molar-refractivity contribution is 0.787. The number of aliphatic imine (C=N–C) groups is 1. The number of aryl methyl sites for hydroxylation is 4. The number of hydrogen-bond donors (Lipinski definition) is 2. The lowest BCUT2D eigenvalue weighted by atomic mass is 9.97. The molecule has 1 aromatic heterocycles. The first-order valence-corrected chi connectivity index (χ1v) is 8.73. The summed E-state index contributed by atoms with van der Waals surface area (Å²) in [6.07, 6.45) is 2.90. The summed E-state index contributed by atoms with van der Waals surface area (Å²) in [6.45, 7) is 10.2.